The normalized spacial score (nSPS) is 21.8. The van der Waals surface area contributed by atoms with Crippen LogP contribution in [0.5, 0.6) is 0 Å². The van der Waals surface area contributed by atoms with Crippen molar-refractivity contribution >= 4 is 44.1 Å². The molecule has 2 atom stereocenters. The lowest BCUT2D eigenvalue weighted by Crippen LogP contribution is -2.50. The number of H-pyrrole nitrogens is 1. The van der Waals surface area contributed by atoms with Crippen LogP contribution in [0.4, 0.5) is 0 Å². The number of benzene rings is 2. The van der Waals surface area contributed by atoms with Gasteiger partial charge in [0, 0.05) is 35.2 Å². The maximum absolute atomic E-state index is 13.8. The van der Waals surface area contributed by atoms with Crippen LogP contribution in [-0.4, -0.2) is 30.8 Å². The molecule has 0 aliphatic heterocycles. The Morgan fingerprint density at radius 2 is 1.94 bits per heavy atom. The molecule has 7 heteroatoms. The number of hydrogen-bond acceptors (Lipinski definition) is 2. The first-order valence-corrected chi connectivity index (χ1v) is 13.6. The maximum atomic E-state index is 13.8. The van der Waals surface area contributed by atoms with Gasteiger partial charge >= 0.3 is 0 Å². The Hall–Kier alpha value is -1.79. The Morgan fingerprint density at radius 3 is 2.70 bits per heavy atom. The molecule has 1 aromatic heterocycles. The molecule has 4 nitrogen and oxygen atoms in total. The van der Waals surface area contributed by atoms with Crippen LogP contribution in [0.3, 0.4) is 0 Å². The summed E-state index contributed by atoms with van der Waals surface area (Å²) in [6.45, 7) is 5.35. The van der Waals surface area contributed by atoms with Gasteiger partial charge < -0.3 is 4.98 Å². The molecule has 174 valence electrons. The second-order valence-corrected chi connectivity index (χ2v) is 12.6. The molecule has 3 aromatic rings. The number of nitrogens with one attached hydrogen (secondary N) is 1. The fourth-order valence-corrected chi connectivity index (χ4v) is 7.71. The van der Waals surface area contributed by atoms with Crippen molar-refractivity contribution in [2.45, 2.75) is 38.0 Å². The topological polar surface area (TPSA) is 53.2 Å². The second kappa shape index (κ2) is 8.46. The highest BCUT2D eigenvalue weighted by atomic mass is 35.5. The first-order valence-electron chi connectivity index (χ1n) is 11.4. The van der Waals surface area contributed by atoms with Crippen molar-refractivity contribution in [2.75, 3.05) is 13.1 Å². The lowest BCUT2D eigenvalue weighted by Gasteiger charge is -2.57. The number of hydrogen-bond donors (Lipinski definition) is 1. The molecule has 6 rings (SSSR count). The molecule has 1 fully saturated rings. The number of rotatable bonds is 7. The molecule has 33 heavy (non-hydrogen) atoms. The molecule has 3 aliphatic carbocycles. The highest BCUT2D eigenvalue weighted by molar-refractivity contribution is 7.89. The van der Waals surface area contributed by atoms with Crippen molar-refractivity contribution in [3.05, 3.63) is 75.9 Å². The lowest BCUT2D eigenvalue weighted by molar-refractivity contribution is -0.00884. The van der Waals surface area contributed by atoms with Gasteiger partial charge in [-0.15, -0.1) is 0 Å². The van der Waals surface area contributed by atoms with E-state index in [4.69, 9.17) is 23.2 Å². The minimum Gasteiger partial charge on any atom is -0.361 e. The monoisotopic (exact) mass is 502 g/mol. The zero-order chi connectivity index (χ0) is 23.4. The summed E-state index contributed by atoms with van der Waals surface area (Å²) in [6.07, 6.45) is 7.00. The third-order valence-electron chi connectivity index (χ3n) is 7.76. The predicted molar refractivity (Wildman–Crippen MR) is 135 cm³/mol. The molecule has 0 saturated heterocycles. The predicted octanol–water partition coefficient (Wildman–Crippen LogP) is 6.70. The highest BCUT2D eigenvalue weighted by Crippen LogP contribution is 2.59. The first-order chi connectivity index (χ1) is 15.7. The SMILES string of the molecule is CC1(C)C2CC=C(CN(CCc3c[nH]c4ccccc34)S(=O)(=O)c3cc(Cl)ccc3Cl)C1C2. The van der Waals surface area contributed by atoms with Gasteiger partial charge in [0.2, 0.25) is 10.0 Å². The van der Waals surface area contributed by atoms with E-state index in [1.54, 1.807) is 16.4 Å². The van der Waals surface area contributed by atoms with Gasteiger partial charge in [-0.1, -0.05) is 66.9 Å². The van der Waals surface area contributed by atoms with Crippen molar-refractivity contribution in [2.24, 2.45) is 17.3 Å². The number of aromatic amines is 1. The zero-order valence-electron chi connectivity index (χ0n) is 18.8. The summed E-state index contributed by atoms with van der Waals surface area (Å²) in [7, 11) is -3.84. The average molecular weight is 503 g/mol. The summed E-state index contributed by atoms with van der Waals surface area (Å²) < 4.78 is 29.3. The molecule has 0 amide bonds. The van der Waals surface area contributed by atoms with E-state index >= 15 is 0 Å². The maximum Gasteiger partial charge on any atom is 0.244 e. The number of fused-ring (bicyclic) bond motifs is 2. The molecule has 1 saturated carbocycles. The van der Waals surface area contributed by atoms with Crippen molar-refractivity contribution in [3.63, 3.8) is 0 Å². The van der Waals surface area contributed by atoms with Crippen LogP contribution in [0.25, 0.3) is 10.9 Å². The molecule has 1 N–H and O–H groups in total. The first kappa shape index (κ1) is 23.0. The van der Waals surface area contributed by atoms with Gasteiger partial charge in [-0.2, -0.15) is 4.31 Å². The molecular formula is C26H28Cl2N2O2S. The summed E-state index contributed by atoms with van der Waals surface area (Å²) in [5.74, 6) is 1.13. The third kappa shape index (κ3) is 4.03. The number of aromatic nitrogens is 1. The lowest BCUT2D eigenvalue weighted by atomic mass is 9.49. The van der Waals surface area contributed by atoms with E-state index in [1.165, 1.54) is 11.6 Å². The van der Waals surface area contributed by atoms with Gasteiger partial charge in [0.05, 0.1) is 5.02 Å². The molecule has 0 radical (unpaired) electrons. The van der Waals surface area contributed by atoms with E-state index in [9.17, 15) is 8.42 Å². The van der Waals surface area contributed by atoms with Gasteiger partial charge in [0.25, 0.3) is 0 Å². The molecule has 2 aromatic carbocycles. The number of allylic oxidation sites excluding steroid dienone is 1. The van der Waals surface area contributed by atoms with Crippen LogP contribution in [0.2, 0.25) is 10.0 Å². The third-order valence-corrected chi connectivity index (χ3v) is 10.3. The molecule has 0 spiro atoms. The van der Waals surface area contributed by atoms with Crippen LogP contribution >= 0.6 is 23.2 Å². The summed E-state index contributed by atoms with van der Waals surface area (Å²) >= 11 is 12.5. The average Bonchev–Trinajstić information content (AvgIpc) is 3.21. The fraction of sp³-hybridized carbons (Fsp3) is 0.385. The van der Waals surface area contributed by atoms with Crippen molar-refractivity contribution in [3.8, 4) is 0 Å². The van der Waals surface area contributed by atoms with Crippen LogP contribution in [0, 0.1) is 17.3 Å². The molecule has 2 unspecified atom stereocenters. The Kier molecular flexibility index (Phi) is 5.89. The second-order valence-electron chi connectivity index (χ2n) is 9.84. The van der Waals surface area contributed by atoms with Crippen molar-refractivity contribution in [1.29, 1.82) is 0 Å². The van der Waals surface area contributed by atoms with E-state index in [0.29, 0.717) is 36.4 Å². The minimum absolute atomic E-state index is 0.0674. The summed E-state index contributed by atoms with van der Waals surface area (Å²) in [4.78, 5) is 3.35. The smallest absolute Gasteiger partial charge is 0.244 e. The molecule has 2 bridgehead atoms. The quantitative estimate of drug-likeness (QED) is 0.365. The summed E-state index contributed by atoms with van der Waals surface area (Å²) in [6, 6.07) is 12.7. The summed E-state index contributed by atoms with van der Waals surface area (Å²) in [5.41, 5.74) is 3.61. The zero-order valence-corrected chi connectivity index (χ0v) is 21.1. The standard InChI is InChI=1S/C26H28Cl2N2O2S/c1-26(2)19-8-7-18(22(26)13-19)16-30(33(31,32)25-14-20(27)9-10-23(25)28)12-11-17-15-29-24-6-4-3-5-21(17)24/h3-7,9-10,14-15,19,22,29H,8,11-13,16H2,1-2H3. The van der Waals surface area contributed by atoms with Crippen LogP contribution in [0.15, 0.2) is 65.2 Å². The molecule has 3 aliphatic rings. The van der Waals surface area contributed by atoms with Gasteiger partial charge in [-0.25, -0.2) is 8.42 Å². The van der Waals surface area contributed by atoms with E-state index in [0.717, 1.165) is 29.3 Å². The number of nitrogens with zero attached hydrogens (tertiary/aromatic N) is 1. The fourth-order valence-electron chi connectivity index (χ4n) is 5.54. The summed E-state index contributed by atoms with van der Waals surface area (Å²) in [5, 5.41) is 1.67. The number of para-hydroxylation sites is 1. The number of halogens is 2. The Bertz CT molecular complexity index is 1340. The van der Waals surface area contributed by atoms with Gasteiger partial charge in [0.15, 0.2) is 0 Å². The van der Waals surface area contributed by atoms with Gasteiger partial charge in [-0.3, -0.25) is 0 Å². The molecule has 1 heterocycles. The van der Waals surface area contributed by atoms with E-state index in [2.05, 4.69) is 31.0 Å². The Labute approximate surface area is 205 Å². The van der Waals surface area contributed by atoms with E-state index in [1.807, 2.05) is 24.4 Å². The number of sulfonamides is 1. The Morgan fingerprint density at radius 1 is 1.15 bits per heavy atom. The van der Waals surface area contributed by atoms with E-state index < -0.39 is 10.0 Å². The van der Waals surface area contributed by atoms with Gasteiger partial charge in [0.1, 0.15) is 4.90 Å². The minimum atomic E-state index is -3.84. The van der Waals surface area contributed by atoms with Crippen LogP contribution < -0.4 is 0 Å². The Balaban J connectivity index is 1.48. The van der Waals surface area contributed by atoms with Crippen molar-refractivity contribution in [1.82, 2.24) is 9.29 Å². The van der Waals surface area contributed by atoms with Crippen molar-refractivity contribution < 1.29 is 8.42 Å². The largest absolute Gasteiger partial charge is 0.361 e. The molecular weight excluding hydrogens is 475 g/mol. The van der Waals surface area contributed by atoms with E-state index in [-0.39, 0.29) is 15.3 Å². The van der Waals surface area contributed by atoms with Crippen LogP contribution in [-0.2, 0) is 16.4 Å². The van der Waals surface area contributed by atoms with Gasteiger partial charge in [-0.05, 0) is 66.3 Å². The highest BCUT2D eigenvalue weighted by Gasteiger charge is 2.51. The van der Waals surface area contributed by atoms with Crippen LogP contribution in [0.1, 0.15) is 32.3 Å².